The molecule has 0 spiro atoms. The molecule has 0 aromatic heterocycles. The van der Waals surface area contributed by atoms with Crippen LogP contribution in [0.5, 0.6) is 0 Å². The zero-order chi connectivity index (χ0) is 18.8. The number of amides is 2. The number of carbonyl (C=O) groups is 1. The standard InChI is InChI=1S/C22H26FN3O/c1-15-4-2-3-5-21(15)25-22(27)24-18-12-19-10-11-20(13-18)26(19)14-16-6-8-17(23)9-7-16/h2-9,18-20H,10-14H2,1H3,(H2,24,25,27)/p+1/t19-,20-/m1/s1. The summed E-state index contributed by atoms with van der Waals surface area (Å²) in [6.07, 6.45) is 4.43. The second-order valence-electron chi connectivity index (χ2n) is 7.93. The van der Waals surface area contributed by atoms with Crippen LogP contribution in [0.25, 0.3) is 0 Å². The molecule has 2 aromatic rings. The first-order valence-corrected chi connectivity index (χ1v) is 9.81. The number of fused-ring (bicyclic) bond motifs is 2. The minimum absolute atomic E-state index is 0.115. The molecule has 2 aromatic carbocycles. The van der Waals surface area contributed by atoms with Gasteiger partial charge < -0.3 is 15.5 Å². The molecule has 0 radical (unpaired) electrons. The highest BCUT2D eigenvalue weighted by Crippen LogP contribution is 2.24. The summed E-state index contributed by atoms with van der Waals surface area (Å²) in [5.74, 6) is -0.181. The molecule has 0 saturated carbocycles. The Labute approximate surface area is 159 Å². The van der Waals surface area contributed by atoms with Crippen LogP contribution in [0.4, 0.5) is 14.9 Å². The number of anilines is 1. The highest BCUT2D eigenvalue weighted by molar-refractivity contribution is 5.90. The molecule has 2 bridgehead atoms. The quantitative estimate of drug-likeness (QED) is 0.763. The van der Waals surface area contributed by atoms with Gasteiger partial charge in [-0.3, -0.25) is 0 Å². The predicted molar refractivity (Wildman–Crippen MR) is 104 cm³/mol. The van der Waals surface area contributed by atoms with Crippen LogP contribution in [0.3, 0.4) is 0 Å². The number of nitrogens with one attached hydrogen (secondary N) is 3. The van der Waals surface area contributed by atoms with Crippen LogP contribution in [0, 0.1) is 12.7 Å². The number of para-hydroxylation sites is 1. The third-order valence-corrected chi connectivity index (χ3v) is 6.10. The third kappa shape index (κ3) is 4.14. The Kier molecular flexibility index (Phi) is 5.12. The van der Waals surface area contributed by atoms with Crippen molar-refractivity contribution in [2.75, 3.05) is 5.32 Å². The van der Waals surface area contributed by atoms with Crippen molar-refractivity contribution < 1.29 is 14.1 Å². The molecule has 27 heavy (non-hydrogen) atoms. The molecule has 142 valence electrons. The van der Waals surface area contributed by atoms with Crippen LogP contribution in [0.15, 0.2) is 48.5 Å². The largest absolute Gasteiger partial charge is 0.335 e. The molecule has 2 atom stereocenters. The van der Waals surface area contributed by atoms with E-state index in [2.05, 4.69) is 10.6 Å². The Hall–Kier alpha value is -2.40. The van der Waals surface area contributed by atoms with Crippen molar-refractivity contribution in [3.05, 3.63) is 65.5 Å². The second-order valence-corrected chi connectivity index (χ2v) is 7.93. The van der Waals surface area contributed by atoms with E-state index in [0.717, 1.165) is 30.6 Å². The average molecular weight is 368 g/mol. The van der Waals surface area contributed by atoms with E-state index < -0.39 is 0 Å². The second kappa shape index (κ2) is 7.69. The summed E-state index contributed by atoms with van der Waals surface area (Å²) < 4.78 is 13.1. The van der Waals surface area contributed by atoms with Crippen LogP contribution in [0.2, 0.25) is 0 Å². The number of quaternary nitrogens is 1. The minimum atomic E-state index is -0.181. The Morgan fingerprint density at radius 2 is 1.74 bits per heavy atom. The smallest absolute Gasteiger partial charge is 0.319 e. The highest BCUT2D eigenvalue weighted by Gasteiger charge is 2.44. The maximum Gasteiger partial charge on any atom is 0.319 e. The summed E-state index contributed by atoms with van der Waals surface area (Å²) in [5, 5.41) is 6.15. The van der Waals surface area contributed by atoms with Crippen molar-refractivity contribution in [2.24, 2.45) is 0 Å². The van der Waals surface area contributed by atoms with Crippen molar-refractivity contribution >= 4 is 11.7 Å². The Morgan fingerprint density at radius 3 is 2.41 bits per heavy atom. The van der Waals surface area contributed by atoms with Gasteiger partial charge in [-0.05, 0) is 30.7 Å². The first-order chi connectivity index (χ1) is 13.1. The fraction of sp³-hybridized carbons (Fsp3) is 0.409. The van der Waals surface area contributed by atoms with Crippen LogP contribution < -0.4 is 15.5 Å². The summed E-state index contributed by atoms with van der Waals surface area (Å²) in [4.78, 5) is 14.0. The number of carbonyl (C=O) groups excluding carboxylic acids is 1. The summed E-state index contributed by atoms with van der Waals surface area (Å²) in [5.41, 5.74) is 3.11. The molecule has 2 aliphatic heterocycles. The summed E-state index contributed by atoms with van der Waals surface area (Å²) in [7, 11) is 0. The van der Waals surface area contributed by atoms with E-state index >= 15 is 0 Å². The van der Waals surface area contributed by atoms with Gasteiger partial charge in [0.15, 0.2) is 0 Å². The topological polar surface area (TPSA) is 45.6 Å². The molecular weight excluding hydrogens is 341 g/mol. The van der Waals surface area contributed by atoms with Crippen LogP contribution in [0.1, 0.15) is 36.8 Å². The van der Waals surface area contributed by atoms with Gasteiger partial charge in [0, 0.05) is 43.0 Å². The summed E-state index contributed by atoms with van der Waals surface area (Å²) in [6.45, 7) is 2.94. The first-order valence-electron chi connectivity index (χ1n) is 9.81. The maximum atomic E-state index is 13.1. The summed E-state index contributed by atoms with van der Waals surface area (Å²) >= 11 is 0. The number of hydrogen-bond donors (Lipinski definition) is 3. The molecule has 0 unspecified atom stereocenters. The molecule has 3 N–H and O–H groups in total. The van der Waals surface area contributed by atoms with Gasteiger partial charge in [-0.1, -0.05) is 30.3 Å². The lowest BCUT2D eigenvalue weighted by atomic mass is 9.96. The highest BCUT2D eigenvalue weighted by atomic mass is 19.1. The van der Waals surface area contributed by atoms with Crippen LogP contribution >= 0.6 is 0 Å². The molecule has 5 heteroatoms. The predicted octanol–water partition coefficient (Wildman–Crippen LogP) is 3.03. The molecule has 0 aliphatic carbocycles. The van der Waals surface area contributed by atoms with Gasteiger partial charge in [0.1, 0.15) is 12.4 Å². The lowest BCUT2D eigenvalue weighted by molar-refractivity contribution is -0.954. The number of piperidine rings is 1. The van der Waals surface area contributed by atoms with Crippen LogP contribution in [-0.4, -0.2) is 24.2 Å². The monoisotopic (exact) mass is 368 g/mol. The van der Waals surface area contributed by atoms with Gasteiger partial charge >= 0.3 is 6.03 Å². The van der Waals surface area contributed by atoms with E-state index in [1.54, 1.807) is 17.0 Å². The van der Waals surface area contributed by atoms with Gasteiger partial charge in [0.05, 0.1) is 12.1 Å². The van der Waals surface area contributed by atoms with Crippen molar-refractivity contribution in [2.45, 2.75) is 57.3 Å². The Balaban J connectivity index is 1.33. The fourth-order valence-corrected chi connectivity index (χ4v) is 4.73. The van der Waals surface area contributed by atoms with Gasteiger partial charge in [-0.25, -0.2) is 9.18 Å². The van der Waals surface area contributed by atoms with Gasteiger partial charge in [0.2, 0.25) is 0 Å². The van der Waals surface area contributed by atoms with Crippen molar-refractivity contribution in [1.82, 2.24) is 5.32 Å². The van der Waals surface area contributed by atoms with Gasteiger partial charge in [-0.2, -0.15) is 0 Å². The molecule has 2 saturated heterocycles. The SMILES string of the molecule is Cc1ccccc1NC(=O)NC1C[C@H]2CC[C@H](C1)[NH+]2Cc1ccc(F)cc1. The zero-order valence-corrected chi connectivity index (χ0v) is 15.7. The number of benzene rings is 2. The first kappa shape index (κ1) is 18.0. The minimum Gasteiger partial charge on any atom is -0.335 e. The average Bonchev–Trinajstić information content (AvgIpc) is 2.87. The molecule has 2 heterocycles. The van der Waals surface area contributed by atoms with Crippen molar-refractivity contribution in [3.63, 3.8) is 0 Å². The maximum absolute atomic E-state index is 13.1. The molecule has 4 rings (SSSR count). The van der Waals surface area contributed by atoms with E-state index in [9.17, 15) is 9.18 Å². The molecule has 4 nitrogen and oxygen atoms in total. The molecule has 2 fully saturated rings. The number of hydrogen-bond acceptors (Lipinski definition) is 1. The number of halogens is 1. The van der Waals surface area contributed by atoms with E-state index in [1.807, 2.05) is 43.3 Å². The fourth-order valence-electron chi connectivity index (χ4n) is 4.73. The number of rotatable bonds is 4. The normalized spacial score (nSPS) is 26.6. The lowest BCUT2D eigenvalue weighted by Crippen LogP contribution is -3.17. The third-order valence-electron chi connectivity index (χ3n) is 6.10. The van der Waals surface area contributed by atoms with Gasteiger partial charge in [0.25, 0.3) is 0 Å². The number of urea groups is 1. The molecule has 2 amide bonds. The van der Waals surface area contributed by atoms with Gasteiger partial charge in [-0.15, -0.1) is 0 Å². The van der Waals surface area contributed by atoms with E-state index in [4.69, 9.17) is 0 Å². The van der Waals surface area contributed by atoms with Crippen molar-refractivity contribution in [3.8, 4) is 0 Å². The number of aryl methyl sites for hydroxylation is 1. The van der Waals surface area contributed by atoms with E-state index in [1.165, 1.54) is 18.4 Å². The lowest BCUT2D eigenvalue weighted by Gasteiger charge is -2.36. The van der Waals surface area contributed by atoms with E-state index in [0.29, 0.717) is 12.1 Å². The summed E-state index contributed by atoms with van der Waals surface area (Å²) in [6, 6.07) is 15.9. The molecular formula is C22H27FN3O+. The van der Waals surface area contributed by atoms with E-state index in [-0.39, 0.29) is 17.9 Å². The molecule has 2 aliphatic rings. The zero-order valence-electron chi connectivity index (χ0n) is 15.7. The Morgan fingerprint density at radius 1 is 1.07 bits per heavy atom. The van der Waals surface area contributed by atoms with Crippen LogP contribution in [-0.2, 0) is 6.54 Å². The Bertz CT molecular complexity index is 793. The van der Waals surface area contributed by atoms with Crippen molar-refractivity contribution in [1.29, 1.82) is 0 Å².